The van der Waals surface area contributed by atoms with Crippen molar-refractivity contribution in [2.45, 2.75) is 0 Å². The molecule has 0 aliphatic rings. The number of aromatic nitrogens is 4. The summed E-state index contributed by atoms with van der Waals surface area (Å²) < 4.78 is 4.35. The Bertz CT molecular complexity index is 1850. The van der Waals surface area contributed by atoms with Crippen LogP contribution in [0.2, 0.25) is 0 Å². The summed E-state index contributed by atoms with van der Waals surface area (Å²) in [6, 6.07) is 29.6. The third kappa shape index (κ3) is 2.88. The Morgan fingerprint density at radius 2 is 0.917 bits per heavy atom. The molecule has 0 aliphatic carbocycles. The quantitative estimate of drug-likeness (QED) is 0.266. The zero-order valence-corrected chi connectivity index (χ0v) is 19.6. The Kier molecular flexibility index (Phi) is 4.42. The van der Waals surface area contributed by atoms with Gasteiger partial charge in [-0.15, -0.1) is 0 Å². The topological polar surface area (TPSA) is 35.6 Å². The molecule has 0 amide bonds. The van der Waals surface area contributed by atoms with Crippen LogP contribution < -0.4 is 0 Å². The molecule has 3 aromatic heterocycles. The van der Waals surface area contributed by atoms with Crippen LogP contribution in [0.15, 0.2) is 110 Å². The van der Waals surface area contributed by atoms with E-state index in [-0.39, 0.29) is 0 Å². The van der Waals surface area contributed by atoms with Gasteiger partial charge in [0.25, 0.3) is 0 Å². The van der Waals surface area contributed by atoms with Gasteiger partial charge in [0.1, 0.15) is 0 Å². The number of nitrogens with zero attached hydrogens (tertiary/aromatic N) is 4. The van der Waals surface area contributed by atoms with Gasteiger partial charge in [0.15, 0.2) is 11.6 Å². The number of para-hydroxylation sites is 2. The number of benzene rings is 4. The largest absolute Gasteiger partial charge is 0.293 e. The minimum Gasteiger partial charge on any atom is -0.293 e. The van der Waals surface area contributed by atoms with Gasteiger partial charge in [-0.3, -0.25) is 9.13 Å². The average molecular weight is 463 g/mol. The molecule has 7 rings (SSSR count). The molecule has 0 N–H and O–H groups in total. The van der Waals surface area contributed by atoms with E-state index >= 15 is 0 Å². The van der Waals surface area contributed by atoms with Gasteiger partial charge in [0.05, 0.1) is 34.5 Å². The van der Waals surface area contributed by atoms with Crippen molar-refractivity contribution in [2.75, 3.05) is 0 Å². The predicted molar refractivity (Wildman–Crippen MR) is 151 cm³/mol. The van der Waals surface area contributed by atoms with Gasteiger partial charge in [0, 0.05) is 21.5 Å². The Morgan fingerprint density at radius 3 is 1.33 bits per heavy atom. The first-order valence-electron chi connectivity index (χ1n) is 11.9. The lowest BCUT2D eigenvalue weighted by Gasteiger charge is -2.10. The lowest BCUT2D eigenvalue weighted by atomic mass is 10.1. The molecule has 4 nitrogen and oxygen atoms in total. The molecule has 3 heterocycles. The molecule has 0 fully saturated rings. The van der Waals surface area contributed by atoms with Crippen molar-refractivity contribution in [3.63, 3.8) is 0 Å². The van der Waals surface area contributed by atoms with Crippen molar-refractivity contribution in [1.29, 1.82) is 0 Å². The summed E-state index contributed by atoms with van der Waals surface area (Å²) >= 11 is 0. The van der Waals surface area contributed by atoms with E-state index < -0.39 is 0 Å². The van der Waals surface area contributed by atoms with E-state index in [0.717, 1.165) is 55.6 Å². The molecule has 0 radical (unpaired) electrons. The highest BCUT2D eigenvalue weighted by Gasteiger charge is 2.16. The van der Waals surface area contributed by atoms with Gasteiger partial charge in [-0.25, -0.2) is 9.97 Å². The van der Waals surface area contributed by atoms with Crippen LogP contribution in [-0.2, 0) is 0 Å². The SMILES string of the molecule is C=Cc1ccc2c(c1)c1cc(C=C)ccc1n2-c1cnc(-n2c3ccccc3c3ccccc32)cn1. The van der Waals surface area contributed by atoms with Crippen LogP contribution in [0, 0.1) is 0 Å². The van der Waals surface area contributed by atoms with Crippen molar-refractivity contribution < 1.29 is 0 Å². The average Bonchev–Trinajstić information content (AvgIpc) is 3.45. The first-order valence-corrected chi connectivity index (χ1v) is 11.9. The van der Waals surface area contributed by atoms with Crippen LogP contribution in [0.5, 0.6) is 0 Å². The number of hydrogen-bond donors (Lipinski definition) is 0. The predicted octanol–water partition coefficient (Wildman–Crippen LogP) is 7.96. The van der Waals surface area contributed by atoms with Crippen molar-refractivity contribution in [2.24, 2.45) is 0 Å². The summed E-state index contributed by atoms with van der Waals surface area (Å²) in [6.45, 7) is 7.89. The highest BCUT2D eigenvalue weighted by atomic mass is 15.1. The second-order valence-electron chi connectivity index (χ2n) is 8.90. The monoisotopic (exact) mass is 462 g/mol. The van der Waals surface area contributed by atoms with Crippen LogP contribution in [0.25, 0.3) is 67.4 Å². The lowest BCUT2D eigenvalue weighted by Crippen LogP contribution is -2.03. The van der Waals surface area contributed by atoms with Crippen LogP contribution in [-0.4, -0.2) is 19.1 Å². The Labute approximate surface area is 208 Å². The van der Waals surface area contributed by atoms with Crippen molar-refractivity contribution in [1.82, 2.24) is 19.1 Å². The molecule has 0 atom stereocenters. The maximum atomic E-state index is 4.92. The summed E-state index contributed by atoms with van der Waals surface area (Å²) in [5.74, 6) is 1.57. The second-order valence-corrected chi connectivity index (χ2v) is 8.90. The summed E-state index contributed by atoms with van der Waals surface area (Å²) in [7, 11) is 0. The molecule has 0 saturated carbocycles. The van der Waals surface area contributed by atoms with Gasteiger partial charge >= 0.3 is 0 Å². The van der Waals surface area contributed by atoms with E-state index in [9.17, 15) is 0 Å². The number of rotatable bonds is 4. The Morgan fingerprint density at radius 1 is 0.500 bits per heavy atom. The van der Waals surface area contributed by atoms with Crippen molar-refractivity contribution in [3.05, 3.63) is 122 Å². The maximum Gasteiger partial charge on any atom is 0.156 e. The first kappa shape index (κ1) is 20.4. The minimum absolute atomic E-state index is 0.775. The molecular weight excluding hydrogens is 440 g/mol. The first-order chi connectivity index (χ1) is 17.8. The summed E-state index contributed by atoms with van der Waals surface area (Å²) in [5, 5.41) is 4.72. The summed E-state index contributed by atoms with van der Waals surface area (Å²) in [6.07, 6.45) is 7.48. The summed E-state index contributed by atoms with van der Waals surface area (Å²) in [5.41, 5.74) is 6.56. The number of hydrogen-bond acceptors (Lipinski definition) is 2. The Hall–Kier alpha value is -4.96. The number of fused-ring (bicyclic) bond motifs is 6. The van der Waals surface area contributed by atoms with E-state index in [0.29, 0.717) is 0 Å². The molecular formula is C32H22N4. The van der Waals surface area contributed by atoms with Crippen LogP contribution in [0.1, 0.15) is 11.1 Å². The lowest BCUT2D eigenvalue weighted by molar-refractivity contribution is 0.989. The van der Waals surface area contributed by atoms with E-state index in [1.54, 1.807) is 0 Å². The minimum atomic E-state index is 0.775. The van der Waals surface area contributed by atoms with Gasteiger partial charge in [-0.1, -0.05) is 73.8 Å². The fourth-order valence-electron chi connectivity index (χ4n) is 5.27. The summed E-state index contributed by atoms with van der Waals surface area (Å²) in [4.78, 5) is 9.82. The fourth-order valence-corrected chi connectivity index (χ4v) is 5.27. The van der Waals surface area contributed by atoms with E-state index in [1.165, 1.54) is 10.8 Å². The Balaban J connectivity index is 1.46. The normalized spacial score (nSPS) is 11.6. The molecule has 0 spiro atoms. The van der Waals surface area contributed by atoms with Crippen LogP contribution in [0.4, 0.5) is 0 Å². The van der Waals surface area contributed by atoms with Gasteiger partial charge < -0.3 is 0 Å². The molecule has 36 heavy (non-hydrogen) atoms. The highest BCUT2D eigenvalue weighted by Crippen LogP contribution is 2.34. The molecule has 0 aliphatic heterocycles. The molecule has 0 saturated heterocycles. The van der Waals surface area contributed by atoms with E-state index in [2.05, 4.69) is 107 Å². The van der Waals surface area contributed by atoms with Crippen LogP contribution >= 0.6 is 0 Å². The van der Waals surface area contributed by atoms with Gasteiger partial charge in [-0.05, 0) is 47.5 Å². The highest BCUT2D eigenvalue weighted by molar-refractivity contribution is 6.10. The maximum absolute atomic E-state index is 4.92. The van der Waals surface area contributed by atoms with Gasteiger partial charge in [0.2, 0.25) is 0 Å². The third-order valence-corrected chi connectivity index (χ3v) is 6.95. The standard InChI is InChI=1S/C32H22N4/c1-3-21-13-15-29-25(17-21)26-18-22(4-2)14-16-30(26)36(29)32-20-33-31(19-34-32)35-27-11-7-5-9-23(27)24-10-6-8-12-28(24)35/h3-20H,1-2H2. The smallest absolute Gasteiger partial charge is 0.156 e. The molecule has 4 heteroatoms. The van der Waals surface area contributed by atoms with E-state index in [4.69, 9.17) is 9.97 Å². The van der Waals surface area contributed by atoms with E-state index in [1.807, 2.05) is 24.5 Å². The molecule has 7 aromatic rings. The van der Waals surface area contributed by atoms with Gasteiger partial charge in [-0.2, -0.15) is 0 Å². The van der Waals surface area contributed by atoms with Crippen molar-refractivity contribution in [3.8, 4) is 11.6 Å². The third-order valence-electron chi connectivity index (χ3n) is 6.95. The molecule has 170 valence electrons. The fraction of sp³-hybridized carbons (Fsp3) is 0. The molecule has 0 bridgehead atoms. The zero-order valence-electron chi connectivity index (χ0n) is 19.6. The zero-order chi connectivity index (χ0) is 24.2. The molecule has 4 aromatic carbocycles. The molecule has 0 unspecified atom stereocenters. The second kappa shape index (κ2) is 7.79. The van der Waals surface area contributed by atoms with Crippen molar-refractivity contribution >= 4 is 55.8 Å². The van der Waals surface area contributed by atoms with Crippen LogP contribution in [0.3, 0.4) is 0 Å².